The molecule has 1 aliphatic heterocycles. The van der Waals surface area contributed by atoms with Crippen LogP contribution in [0.4, 0.5) is 0 Å². The molecular formula is C12H17BrN2. The normalized spacial score (nSPS) is 22.9. The molecule has 0 radical (unpaired) electrons. The van der Waals surface area contributed by atoms with Crippen molar-refractivity contribution in [1.82, 2.24) is 10.2 Å². The Hall–Kier alpha value is -0.380. The molecule has 3 heteroatoms. The molecule has 1 unspecified atom stereocenters. The van der Waals surface area contributed by atoms with Crippen molar-refractivity contribution in [3.05, 3.63) is 34.3 Å². The lowest BCUT2D eigenvalue weighted by atomic mass is 10.0. The average Bonchev–Trinajstić information content (AvgIpc) is 2.22. The molecule has 1 aromatic rings. The Balaban J connectivity index is 1.99. The summed E-state index contributed by atoms with van der Waals surface area (Å²) in [6, 6.07) is 9.06. The lowest BCUT2D eigenvalue weighted by Crippen LogP contribution is -2.49. The van der Waals surface area contributed by atoms with Crippen molar-refractivity contribution >= 4 is 15.9 Å². The first-order valence-electron chi connectivity index (χ1n) is 5.41. The van der Waals surface area contributed by atoms with Crippen LogP contribution in [0.5, 0.6) is 0 Å². The van der Waals surface area contributed by atoms with Crippen molar-refractivity contribution in [3.63, 3.8) is 0 Å². The Bertz CT molecular complexity index is 327. The maximum Gasteiger partial charge on any atom is 0.0236 e. The summed E-state index contributed by atoms with van der Waals surface area (Å²) < 4.78 is 1.22. The minimum absolute atomic E-state index is 0.586. The highest BCUT2D eigenvalue weighted by Gasteiger charge is 2.17. The summed E-state index contributed by atoms with van der Waals surface area (Å²) in [5, 5.41) is 3.56. The van der Waals surface area contributed by atoms with E-state index in [0.717, 1.165) is 26.1 Å². The Morgan fingerprint density at radius 2 is 2.27 bits per heavy atom. The van der Waals surface area contributed by atoms with Gasteiger partial charge < -0.3 is 10.2 Å². The number of likely N-dealkylation sites (N-methyl/N-ethyl adjacent to an activating group) is 1. The largest absolute Gasteiger partial charge is 0.311 e. The van der Waals surface area contributed by atoms with E-state index < -0.39 is 0 Å². The van der Waals surface area contributed by atoms with Crippen molar-refractivity contribution in [2.75, 3.05) is 26.7 Å². The van der Waals surface area contributed by atoms with Crippen molar-refractivity contribution in [2.24, 2.45) is 0 Å². The van der Waals surface area contributed by atoms with E-state index >= 15 is 0 Å². The van der Waals surface area contributed by atoms with Crippen molar-refractivity contribution < 1.29 is 0 Å². The van der Waals surface area contributed by atoms with Crippen LogP contribution in [0.1, 0.15) is 5.56 Å². The van der Waals surface area contributed by atoms with E-state index in [9.17, 15) is 0 Å². The van der Waals surface area contributed by atoms with Crippen molar-refractivity contribution in [1.29, 1.82) is 0 Å². The summed E-state index contributed by atoms with van der Waals surface area (Å²) in [6.45, 7) is 3.40. The highest BCUT2D eigenvalue weighted by Crippen LogP contribution is 2.18. The number of hydrogen-bond acceptors (Lipinski definition) is 2. The topological polar surface area (TPSA) is 15.3 Å². The first-order valence-corrected chi connectivity index (χ1v) is 6.20. The van der Waals surface area contributed by atoms with Crippen LogP contribution < -0.4 is 5.32 Å². The number of nitrogens with zero attached hydrogens (tertiary/aromatic N) is 1. The molecule has 1 N–H and O–H groups in total. The van der Waals surface area contributed by atoms with Gasteiger partial charge in [0.15, 0.2) is 0 Å². The van der Waals surface area contributed by atoms with Gasteiger partial charge in [-0.1, -0.05) is 34.1 Å². The second kappa shape index (κ2) is 5.10. The molecule has 0 saturated carbocycles. The molecule has 0 spiro atoms. The van der Waals surface area contributed by atoms with Crippen LogP contribution in [0.25, 0.3) is 0 Å². The number of nitrogens with one attached hydrogen (secondary N) is 1. The summed E-state index contributed by atoms with van der Waals surface area (Å²) in [4.78, 5) is 2.39. The molecule has 1 aromatic carbocycles. The molecule has 2 rings (SSSR count). The first-order chi connectivity index (χ1) is 7.25. The lowest BCUT2D eigenvalue weighted by molar-refractivity contribution is 0.238. The summed E-state index contributed by atoms with van der Waals surface area (Å²) >= 11 is 3.60. The quantitative estimate of drug-likeness (QED) is 0.882. The van der Waals surface area contributed by atoms with E-state index in [1.165, 1.54) is 10.0 Å². The predicted molar refractivity (Wildman–Crippen MR) is 67.1 cm³/mol. The smallest absolute Gasteiger partial charge is 0.0236 e. The monoisotopic (exact) mass is 268 g/mol. The van der Waals surface area contributed by atoms with Gasteiger partial charge >= 0.3 is 0 Å². The molecule has 1 saturated heterocycles. The van der Waals surface area contributed by atoms with Crippen LogP contribution in [0, 0.1) is 0 Å². The molecular weight excluding hydrogens is 252 g/mol. The minimum Gasteiger partial charge on any atom is -0.311 e. The highest BCUT2D eigenvalue weighted by molar-refractivity contribution is 9.10. The van der Waals surface area contributed by atoms with Gasteiger partial charge in [-0.05, 0) is 25.1 Å². The van der Waals surface area contributed by atoms with Gasteiger partial charge in [0.2, 0.25) is 0 Å². The fourth-order valence-corrected chi connectivity index (χ4v) is 2.50. The van der Waals surface area contributed by atoms with E-state index in [-0.39, 0.29) is 0 Å². The molecule has 0 bridgehead atoms. The van der Waals surface area contributed by atoms with Gasteiger partial charge in [0.05, 0.1) is 0 Å². The van der Waals surface area contributed by atoms with Crippen LogP contribution in [-0.4, -0.2) is 37.6 Å². The van der Waals surface area contributed by atoms with Crippen LogP contribution in [0.2, 0.25) is 0 Å². The molecule has 0 amide bonds. The van der Waals surface area contributed by atoms with Gasteiger partial charge in [-0.25, -0.2) is 0 Å². The second-order valence-corrected chi connectivity index (χ2v) is 5.06. The summed E-state index contributed by atoms with van der Waals surface area (Å²) in [7, 11) is 2.19. The molecule has 1 aliphatic rings. The average molecular weight is 269 g/mol. The first kappa shape index (κ1) is 11.1. The van der Waals surface area contributed by atoms with Gasteiger partial charge in [0.1, 0.15) is 0 Å². The number of piperazine rings is 1. The lowest BCUT2D eigenvalue weighted by Gasteiger charge is -2.31. The SMILES string of the molecule is CN1CCNC(Cc2ccccc2Br)C1. The Kier molecular flexibility index (Phi) is 3.78. The molecule has 82 valence electrons. The molecule has 1 atom stereocenters. The van der Waals surface area contributed by atoms with E-state index in [1.54, 1.807) is 0 Å². The predicted octanol–water partition coefficient (Wildman–Crippen LogP) is 1.90. The van der Waals surface area contributed by atoms with Gasteiger partial charge in [0, 0.05) is 30.1 Å². The van der Waals surface area contributed by atoms with Crippen LogP contribution in [0.15, 0.2) is 28.7 Å². The number of hydrogen-bond donors (Lipinski definition) is 1. The summed E-state index contributed by atoms with van der Waals surface area (Å²) in [5.74, 6) is 0. The Morgan fingerprint density at radius 3 is 3.00 bits per heavy atom. The van der Waals surface area contributed by atoms with E-state index in [1.807, 2.05) is 0 Å². The number of halogens is 1. The van der Waals surface area contributed by atoms with Crippen LogP contribution >= 0.6 is 15.9 Å². The van der Waals surface area contributed by atoms with Gasteiger partial charge in [-0.2, -0.15) is 0 Å². The third-order valence-corrected chi connectivity index (χ3v) is 3.66. The molecule has 1 fully saturated rings. The fourth-order valence-electron chi connectivity index (χ4n) is 2.06. The standard InChI is InChI=1S/C12H17BrN2/c1-15-7-6-14-11(9-15)8-10-4-2-3-5-12(10)13/h2-5,11,14H,6-9H2,1H3. The minimum atomic E-state index is 0.586. The molecule has 0 aromatic heterocycles. The summed E-state index contributed by atoms with van der Waals surface area (Å²) in [5.41, 5.74) is 1.39. The maximum atomic E-state index is 3.60. The molecule has 1 heterocycles. The van der Waals surface area contributed by atoms with E-state index in [4.69, 9.17) is 0 Å². The van der Waals surface area contributed by atoms with Gasteiger partial charge in [-0.3, -0.25) is 0 Å². The van der Waals surface area contributed by atoms with Gasteiger partial charge in [0.25, 0.3) is 0 Å². The Labute approximate surface area is 99.8 Å². The van der Waals surface area contributed by atoms with Gasteiger partial charge in [-0.15, -0.1) is 0 Å². The molecule has 0 aliphatic carbocycles. The summed E-state index contributed by atoms with van der Waals surface area (Å²) in [6.07, 6.45) is 1.10. The maximum absolute atomic E-state index is 3.60. The Morgan fingerprint density at radius 1 is 1.47 bits per heavy atom. The highest BCUT2D eigenvalue weighted by atomic mass is 79.9. The fraction of sp³-hybridized carbons (Fsp3) is 0.500. The van der Waals surface area contributed by atoms with Crippen molar-refractivity contribution in [3.8, 4) is 0 Å². The zero-order valence-corrected chi connectivity index (χ0v) is 10.6. The number of rotatable bonds is 2. The molecule has 15 heavy (non-hydrogen) atoms. The number of benzene rings is 1. The van der Waals surface area contributed by atoms with E-state index in [2.05, 4.69) is 57.5 Å². The van der Waals surface area contributed by atoms with Crippen molar-refractivity contribution in [2.45, 2.75) is 12.5 Å². The zero-order chi connectivity index (χ0) is 10.7. The third-order valence-electron chi connectivity index (χ3n) is 2.88. The van der Waals surface area contributed by atoms with Crippen LogP contribution in [0.3, 0.4) is 0 Å². The second-order valence-electron chi connectivity index (χ2n) is 4.21. The zero-order valence-electron chi connectivity index (χ0n) is 9.04. The van der Waals surface area contributed by atoms with E-state index in [0.29, 0.717) is 6.04 Å². The molecule has 2 nitrogen and oxygen atoms in total. The third kappa shape index (κ3) is 3.03. The van der Waals surface area contributed by atoms with Crippen LogP contribution in [-0.2, 0) is 6.42 Å².